The molecule has 0 saturated heterocycles. The van der Waals surface area contributed by atoms with E-state index >= 15 is 0 Å². The molecule has 1 rings (SSSR count). The monoisotopic (exact) mass is 197 g/mol. The van der Waals surface area contributed by atoms with Crippen LogP contribution in [0, 0.1) is 6.92 Å². The van der Waals surface area contributed by atoms with Crippen molar-refractivity contribution in [1.82, 2.24) is 15.1 Å². The van der Waals surface area contributed by atoms with Gasteiger partial charge in [-0.15, -0.1) is 0 Å². The number of nitrogens with one attached hydrogen (secondary N) is 1. The molecule has 0 spiro atoms. The normalized spacial score (nSPS) is 12.6. The molecule has 1 atom stereocenters. The van der Waals surface area contributed by atoms with Crippen LogP contribution in [-0.4, -0.2) is 33.4 Å². The van der Waals surface area contributed by atoms with Gasteiger partial charge >= 0.3 is 0 Å². The quantitative estimate of drug-likeness (QED) is 0.707. The molecular formula is C9H15N3O2. The summed E-state index contributed by atoms with van der Waals surface area (Å²) in [6.07, 6.45) is 1.52. The topological polar surface area (TPSA) is 67.2 Å². The largest absolute Gasteiger partial charge is 0.394 e. The molecule has 1 amide bonds. The van der Waals surface area contributed by atoms with Crippen molar-refractivity contribution >= 4 is 5.91 Å². The lowest BCUT2D eigenvalue weighted by Crippen LogP contribution is -2.35. The Balaban J connectivity index is 2.75. The van der Waals surface area contributed by atoms with Gasteiger partial charge in [-0.05, 0) is 13.8 Å². The van der Waals surface area contributed by atoms with E-state index in [2.05, 4.69) is 10.4 Å². The molecule has 14 heavy (non-hydrogen) atoms. The van der Waals surface area contributed by atoms with E-state index in [4.69, 9.17) is 5.11 Å². The lowest BCUT2D eigenvalue weighted by atomic mass is 10.2. The molecule has 0 aliphatic rings. The number of hydrogen-bond acceptors (Lipinski definition) is 3. The van der Waals surface area contributed by atoms with Crippen molar-refractivity contribution in [2.24, 2.45) is 7.05 Å². The maximum atomic E-state index is 11.6. The Hall–Kier alpha value is -1.36. The van der Waals surface area contributed by atoms with Crippen molar-refractivity contribution < 1.29 is 9.90 Å². The molecule has 0 aliphatic carbocycles. The molecule has 0 aromatic carbocycles. The van der Waals surface area contributed by atoms with Crippen molar-refractivity contribution in [3.63, 3.8) is 0 Å². The van der Waals surface area contributed by atoms with Crippen molar-refractivity contribution in [3.8, 4) is 0 Å². The van der Waals surface area contributed by atoms with E-state index in [1.165, 1.54) is 6.20 Å². The van der Waals surface area contributed by atoms with Gasteiger partial charge in [-0.3, -0.25) is 9.48 Å². The Labute approximate surface area is 82.7 Å². The van der Waals surface area contributed by atoms with Crippen molar-refractivity contribution in [2.45, 2.75) is 19.9 Å². The zero-order valence-electron chi connectivity index (χ0n) is 8.61. The summed E-state index contributed by atoms with van der Waals surface area (Å²) in [6, 6.07) is -0.234. The third-order valence-electron chi connectivity index (χ3n) is 2.13. The molecule has 1 aromatic heterocycles. The first-order valence-electron chi connectivity index (χ1n) is 4.46. The molecule has 0 radical (unpaired) electrons. The van der Waals surface area contributed by atoms with Gasteiger partial charge in [0.2, 0.25) is 0 Å². The van der Waals surface area contributed by atoms with Crippen LogP contribution in [0.5, 0.6) is 0 Å². The van der Waals surface area contributed by atoms with E-state index in [9.17, 15) is 4.79 Å². The van der Waals surface area contributed by atoms with Crippen LogP contribution in [0.25, 0.3) is 0 Å². The zero-order valence-corrected chi connectivity index (χ0v) is 8.61. The summed E-state index contributed by atoms with van der Waals surface area (Å²) in [5.41, 5.74) is 1.36. The second kappa shape index (κ2) is 4.23. The number of hydrogen-bond donors (Lipinski definition) is 2. The van der Waals surface area contributed by atoms with Gasteiger partial charge in [0.1, 0.15) is 0 Å². The highest BCUT2D eigenvalue weighted by atomic mass is 16.3. The van der Waals surface area contributed by atoms with Crippen LogP contribution in [0.1, 0.15) is 23.0 Å². The fraction of sp³-hybridized carbons (Fsp3) is 0.556. The highest BCUT2D eigenvalue weighted by Crippen LogP contribution is 2.05. The van der Waals surface area contributed by atoms with Crippen LogP contribution in [0.4, 0.5) is 0 Å². The molecule has 1 unspecified atom stereocenters. The smallest absolute Gasteiger partial charge is 0.255 e. The van der Waals surface area contributed by atoms with Gasteiger partial charge < -0.3 is 10.4 Å². The highest BCUT2D eigenvalue weighted by Gasteiger charge is 2.14. The van der Waals surface area contributed by atoms with Gasteiger partial charge in [-0.2, -0.15) is 5.10 Å². The molecule has 5 heteroatoms. The molecule has 0 fully saturated rings. The Morgan fingerprint density at radius 1 is 1.79 bits per heavy atom. The molecule has 1 heterocycles. The Kier molecular flexibility index (Phi) is 3.24. The summed E-state index contributed by atoms with van der Waals surface area (Å²) >= 11 is 0. The molecule has 5 nitrogen and oxygen atoms in total. The van der Waals surface area contributed by atoms with Crippen molar-refractivity contribution in [2.75, 3.05) is 6.61 Å². The first-order valence-corrected chi connectivity index (χ1v) is 4.46. The third kappa shape index (κ3) is 2.11. The SMILES string of the molecule is Cc1c(C(=O)NC(C)CO)cnn1C. The Morgan fingerprint density at radius 3 is 2.86 bits per heavy atom. The van der Waals surface area contributed by atoms with Gasteiger partial charge in [-0.25, -0.2) is 0 Å². The fourth-order valence-electron chi connectivity index (χ4n) is 1.07. The van der Waals surface area contributed by atoms with E-state index < -0.39 is 0 Å². The van der Waals surface area contributed by atoms with Crippen LogP contribution in [0.2, 0.25) is 0 Å². The first-order chi connectivity index (χ1) is 6.56. The second-order valence-corrected chi connectivity index (χ2v) is 3.32. The van der Waals surface area contributed by atoms with Crippen molar-refractivity contribution in [3.05, 3.63) is 17.5 Å². The number of rotatable bonds is 3. The number of carbonyl (C=O) groups excluding carboxylic acids is 1. The molecule has 0 saturated carbocycles. The van der Waals surface area contributed by atoms with Crippen LogP contribution >= 0.6 is 0 Å². The van der Waals surface area contributed by atoms with Gasteiger partial charge in [0, 0.05) is 18.8 Å². The Morgan fingerprint density at radius 2 is 2.43 bits per heavy atom. The summed E-state index contributed by atoms with van der Waals surface area (Å²) in [5.74, 6) is -0.197. The summed E-state index contributed by atoms with van der Waals surface area (Å²) in [4.78, 5) is 11.6. The standard InChI is InChI=1S/C9H15N3O2/c1-6(5-13)11-9(14)8-4-10-12(3)7(8)2/h4,6,13H,5H2,1-3H3,(H,11,14). The average Bonchev–Trinajstić information content (AvgIpc) is 2.47. The summed E-state index contributed by atoms with van der Waals surface area (Å²) in [6.45, 7) is 3.50. The third-order valence-corrected chi connectivity index (χ3v) is 2.13. The summed E-state index contributed by atoms with van der Waals surface area (Å²) in [7, 11) is 1.78. The number of aryl methyl sites for hydroxylation is 1. The van der Waals surface area contributed by atoms with E-state index in [0.717, 1.165) is 5.69 Å². The first kappa shape index (κ1) is 10.7. The maximum absolute atomic E-state index is 11.6. The van der Waals surface area contributed by atoms with E-state index in [1.807, 2.05) is 6.92 Å². The van der Waals surface area contributed by atoms with Crippen LogP contribution in [0.15, 0.2) is 6.20 Å². The molecule has 0 bridgehead atoms. The van der Waals surface area contributed by atoms with E-state index in [-0.39, 0.29) is 18.6 Å². The Bertz CT molecular complexity index is 333. The minimum Gasteiger partial charge on any atom is -0.394 e. The van der Waals surface area contributed by atoms with Crippen LogP contribution in [-0.2, 0) is 7.05 Å². The van der Waals surface area contributed by atoms with Gasteiger partial charge in [-0.1, -0.05) is 0 Å². The molecule has 1 aromatic rings. The van der Waals surface area contributed by atoms with Gasteiger partial charge in [0.05, 0.1) is 18.4 Å². The molecule has 0 aliphatic heterocycles. The van der Waals surface area contributed by atoms with Crippen molar-refractivity contribution in [1.29, 1.82) is 0 Å². The minimum atomic E-state index is -0.234. The highest BCUT2D eigenvalue weighted by molar-refractivity contribution is 5.95. The minimum absolute atomic E-state index is 0.0644. The lowest BCUT2D eigenvalue weighted by molar-refractivity contribution is 0.0921. The molecule has 2 N–H and O–H groups in total. The molecule has 78 valence electrons. The number of amides is 1. The predicted octanol–water partition coefficient (Wildman–Crippen LogP) is -0.161. The predicted molar refractivity (Wildman–Crippen MR) is 52.0 cm³/mol. The average molecular weight is 197 g/mol. The lowest BCUT2D eigenvalue weighted by Gasteiger charge is -2.09. The van der Waals surface area contributed by atoms with E-state index in [1.54, 1.807) is 18.7 Å². The number of carbonyl (C=O) groups is 1. The zero-order chi connectivity index (χ0) is 10.7. The van der Waals surface area contributed by atoms with Crippen LogP contribution in [0.3, 0.4) is 0 Å². The maximum Gasteiger partial charge on any atom is 0.255 e. The van der Waals surface area contributed by atoms with Gasteiger partial charge in [0.15, 0.2) is 0 Å². The van der Waals surface area contributed by atoms with E-state index in [0.29, 0.717) is 5.56 Å². The fourth-order valence-corrected chi connectivity index (χ4v) is 1.07. The number of aliphatic hydroxyl groups excluding tert-OH is 1. The van der Waals surface area contributed by atoms with Gasteiger partial charge in [0.25, 0.3) is 5.91 Å². The van der Waals surface area contributed by atoms with Crippen LogP contribution < -0.4 is 5.32 Å². The number of aromatic nitrogens is 2. The second-order valence-electron chi connectivity index (χ2n) is 3.32. The summed E-state index contributed by atoms with van der Waals surface area (Å²) < 4.78 is 1.64. The summed E-state index contributed by atoms with van der Waals surface area (Å²) in [5, 5.41) is 15.4. The number of aliphatic hydroxyl groups is 1. The molecular weight excluding hydrogens is 182 g/mol. The number of nitrogens with zero attached hydrogens (tertiary/aromatic N) is 2.